The summed E-state index contributed by atoms with van der Waals surface area (Å²) in [6.45, 7) is 0.377. The summed E-state index contributed by atoms with van der Waals surface area (Å²) in [5.41, 5.74) is 2.74. The number of fused-ring (bicyclic) bond motifs is 1. The topological polar surface area (TPSA) is 80.9 Å². The van der Waals surface area contributed by atoms with E-state index in [1.54, 1.807) is 22.4 Å². The third-order valence-corrected chi connectivity index (χ3v) is 5.26. The van der Waals surface area contributed by atoms with Crippen LogP contribution in [-0.4, -0.2) is 29.0 Å². The molecule has 3 rings (SSSR count). The average molecular weight is 384 g/mol. The van der Waals surface area contributed by atoms with Gasteiger partial charge in [-0.15, -0.1) is 16.7 Å². The maximum atomic E-state index is 11.3. The molecule has 0 saturated heterocycles. The second kappa shape index (κ2) is 8.26. The molecule has 0 radical (unpaired) electrons. The summed E-state index contributed by atoms with van der Waals surface area (Å²) in [5.74, 6) is -0.492. The summed E-state index contributed by atoms with van der Waals surface area (Å²) in [6.07, 6.45) is 2.74. The number of aryl methyl sites for hydroxylation is 1. The Bertz CT molecular complexity index is 980. The van der Waals surface area contributed by atoms with Crippen molar-refractivity contribution in [3.05, 3.63) is 47.4 Å². The largest absolute Gasteiger partial charge is 0.493 e. The molecule has 0 saturated carbocycles. The van der Waals surface area contributed by atoms with Gasteiger partial charge in [-0.05, 0) is 53.2 Å². The summed E-state index contributed by atoms with van der Waals surface area (Å²) in [6, 6.07) is 13.8. The van der Waals surface area contributed by atoms with Gasteiger partial charge in [0.05, 0.1) is 12.6 Å². The van der Waals surface area contributed by atoms with Gasteiger partial charge in [-0.3, -0.25) is 4.79 Å². The third-order valence-electron chi connectivity index (χ3n) is 4.52. The van der Waals surface area contributed by atoms with E-state index in [2.05, 4.69) is 22.0 Å². The standard InChI is InChI=1S/C20H20N2O4S/c1-26-18(23)4-3-11-22-17-12-14(13-5-8-15(27-2)9-6-13)7-10-16(17)19(21-25)20(22)24/h5-10,12,24H,3-4,11H2,1-2H3. The van der Waals surface area contributed by atoms with Crippen LogP contribution in [0.2, 0.25) is 0 Å². The van der Waals surface area contributed by atoms with Crippen molar-refractivity contribution in [1.29, 1.82) is 0 Å². The maximum Gasteiger partial charge on any atom is 0.305 e. The van der Waals surface area contributed by atoms with E-state index in [1.807, 2.05) is 30.5 Å². The predicted molar refractivity (Wildman–Crippen MR) is 108 cm³/mol. The summed E-state index contributed by atoms with van der Waals surface area (Å²) >= 11 is 1.68. The first kappa shape index (κ1) is 19.0. The highest BCUT2D eigenvalue weighted by Gasteiger charge is 2.18. The van der Waals surface area contributed by atoms with Crippen molar-refractivity contribution in [1.82, 2.24) is 4.57 Å². The number of methoxy groups -OCH3 is 1. The van der Waals surface area contributed by atoms with Crippen molar-refractivity contribution in [2.24, 2.45) is 5.18 Å². The lowest BCUT2D eigenvalue weighted by atomic mass is 10.0. The fraction of sp³-hybridized carbons (Fsp3) is 0.250. The molecule has 0 fully saturated rings. The Labute approximate surface area is 161 Å². The van der Waals surface area contributed by atoms with Gasteiger partial charge in [-0.2, -0.15) is 0 Å². The highest BCUT2D eigenvalue weighted by molar-refractivity contribution is 7.98. The Morgan fingerprint density at radius 1 is 1.19 bits per heavy atom. The zero-order valence-electron chi connectivity index (χ0n) is 15.1. The van der Waals surface area contributed by atoms with Crippen LogP contribution in [0.3, 0.4) is 0 Å². The van der Waals surface area contributed by atoms with Crippen molar-refractivity contribution in [2.45, 2.75) is 24.3 Å². The van der Waals surface area contributed by atoms with Gasteiger partial charge in [0.25, 0.3) is 0 Å². The Hall–Kier alpha value is -2.80. The number of rotatable bonds is 7. The highest BCUT2D eigenvalue weighted by atomic mass is 32.2. The monoisotopic (exact) mass is 384 g/mol. The summed E-state index contributed by atoms with van der Waals surface area (Å²) in [7, 11) is 1.34. The maximum absolute atomic E-state index is 11.3. The molecule has 0 spiro atoms. The van der Waals surface area contributed by atoms with Crippen LogP contribution >= 0.6 is 11.8 Å². The molecule has 0 aliphatic carbocycles. The number of aromatic hydroxyl groups is 1. The normalized spacial score (nSPS) is 10.9. The SMILES string of the molecule is COC(=O)CCCn1c(O)c(N=O)c2ccc(-c3ccc(SC)cc3)cc21. The molecule has 1 aromatic heterocycles. The minimum Gasteiger partial charge on any atom is -0.493 e. The zero-order valence-corrected chi connectivity index (χ0v) is 16.0. The second-order valence-corrected chi connectivity index (χ2v) is 6.93. The first-order chi connectivity index (χ1) is 13.1. The minimum absolute atomic E-state index is 0.0207. The molecule has 0 atom stereocenters. The number of hydrogen-bond acceptors (Lipinski definition) is 6. The lowest BCUT2D eigenvalue weighted by Crippen LogP contribution is -2.04. The molecule has 6 nitrogen and oxygen atoms in total. The number of aromatic nitrogens is 1. The highest BCUT2D eigenvalue weighted by Crippen LogP contribution is 2.40. The summed E-state index contributed by atoms with van der Waals surface area (Å²) < 4.78 is 6.27. The molecule has 27 heavy (non-hydrogen) atoms. The fourth-order valence-corrected chi connectivity index (χ4v) is 3.49. The summed E-state index contributed by atoms with van der Waals surface area (Å²) in [4.78, 5) is 23.7. The first-order valence-corrected chi connectivity index (χ1v) is 9.71. The van der Waals surface area contributed by atoms with Crippen LogP contribution in [0.25, 0.3) is 22.0 Å². The van der Waals surface area contributed by atoms with Crippen LogP contribution < -0.4 is 0 Å². The molecular weight excluding hydrogens is 364 g/mol. The van der Waals surface area contributed by atoms with Crippen LogP contribution in [0.4, 0.5) is 5.69 Å². The minimum atomic E-state index is -0.311. The number of esters is 1. The molecule has 0 aliphatic rings. The van der Waals surface area contributed by atoms with Gasteiger partial charge in [-0.1, -0.05) is 18.2 Å². The van der Waals surface area contributed by atoms with E-state index in [0.29, 0.717) is 23.9 Å². The van der Waals surface area contributed by atoms with Crippen LogP contribution in [0.15, 0.2) is 52.5 Å². The lowest BCUT2D eigenvalue weighted by molar-refractivity contribution is -0.140. The van der Waals surface area contributed by atoms with Gasteiger partial charge >= 0.3 is 5.97 Å². The molecular formula is C20H20N2O4S. The molecule has 3 aromatic rings. The number of carbonyl (C=O) groups is 1. The van der Waals surface area contributed by atoms with E-state index in [0.717, 1.165) is 11.1 Å². The molecule has 1 N–H and O–H groups in total. The van der Waals surface area contributed by atoms with Crippen molar-refractivity contribution < 1.29 is 14.6 Å². The van der Waals surface area contributed by atoms with Crippen molar-refractivity contribution in [3.63, 3.8) is 0 Å². The molecule has 140 valence electrons. The van der Waals surface area contributed by atoms with Gasteiger partial charge in [-0.25, -0.2) is 0 Å². The van der Waals surface area contributed by atoms with Crippen molar-refractivity contribution >= 4 is 34.3 Å². The molecule has 0 unspecified atom stereocenters. The first-order valence-electron chi connectivity index (χ1n) is 8.49. The van der Waals surface area contributed by atoms with Gasteiger partial charge in [0.15, 0.2) is 5.69 Å². The lowest BCUT2D eigenvalue weighted by Gasteiger charge is -2.08. The average Bonchev–Trinajstić information content (AvgIpc) is 2.98. The second-order valence-electron chi connectivity index (χ2n) is 6.06. The van der Waals surface area contributed by atoms with Crippen molar-refractivity contribution in [3.8, 4) is 17.0 Å². The van der Waals surface area contributed by atoms with E-state index >= 15 is 0 Å². The number of benzene rings is 2. The summed E-state index contributed by atoms with van der Waals surface area (Å²) in [5, 5.41) is 14.0. The van der Waals surface area contributed by atoms with E-state index < -0.39 is 0 Å². The van der Waals surface area contributed by atoms with Crippen LogP contribution in [0.5, 0.6) is 5.88 Å². The van der Waals surface area contributed by atoms with Crippen molar-refractivity contribution in [2.75, 3.05) is 13.4 Å². The van der Waals surface area contributed by atoms with Gasteiger partial charge in [0.2, 0.25) is 5.88 Å². The van der Waals surface area contributed by atoms with Crippen LogP contribution in [0, 0.1) is 4.91 Å². The van der Waals surface area contributed by atoms with E-state index in [1.165, 1.54) is 12.0 Å². The molecule has 0 amide bonds. The Balaban J connectivity index is 2.00. The van der Waals surface area contributed by atoms with E-state index in [-0.39, 0.29) is 24.0 Å². The molecule has 7 heteroatoms. The van der Waals surface area contributed by atoms with Gasteiger partial charge < -0.3 is 14.4 Å². The molecule has 2 aromatic carbocycles. The number of thioether (sulfide) groups is 1. The van der Waals surface area contributed by atoms with Gasteiger partial charge in [0, 0.05) is 23.2 Å². The number of nitrogens with zero attached hydrogens (tertiary/aromatic N) is 2. The Kier molecular flexibility index (Phi) is 5.81. The zero-order chi connectivity index (χ0) is 19.4. The van der Waals surface area contributed by atoms with Crippen LogP contribution in [-0.2, 0) is 16.1 Å². The third kappa shape index (κ3) is 3.83. The Morgan fingerprint density at radius 2 is 1.89 bits per heavy atom. The molecule has 0 bridgehead atoms. The number of carbonyl (C=O) groups excluding carboxylic acids is 1. The van der Waals surface area contributed by atoms with E-state index in [4.69, 9.17) is 0 Å². The van der Waals surface area contributed by atoms with Crippen LogP contribution in [0.1, 0.15) is 12.8 Å². The molecule has 1 heterocycles. The predicted octanol–water partition coefficient (Wildman–Crippen LogP) is 5.09. The fourth-order valence-electron chi connectivity index (χ4n) is 3.08. The Morgan fingerprint density at radius 3 is 2.52 bits per heavy atom. The number of ether oxygens (including phenoxy) is 1. The molecule has 0 aliphatic heterocycles. The smallest absolute Gasteiger partial charge is 0.305 e. The number of hydrogen-bond donors (Lipinski definition) is 1. The quantitative estimate of drug-likeness (QED) is 0.349. The van der Waals surface area contributed by atoms with Gasteiger partial charge in [0.1, 0.15) is 0 Å². The van der Waals surface area contributed by atoms with E-state index in [9.17, 15) is 14.8 Å². The number of nitroso groups, excluding NO2 is 1.